The van der Waals surface area contributed by atoms with E-state index < -0.39 is 23.4 Å². The molecule has 9 heteroatoms. The molecule has 3 aromatic rings. The summed E-state index contributed by atoms with van der Waals surface area (Å²) in [6, 6.07) is 11.8. The fourth-order valence-electron chi connectivity index (χ4n) is 3.24. The van der Waals surface area contributed by atoms with Crippen LogP contribution >= 0.6 is 11.6 Å². The van der Waals surface area contributed by atoms with Crippen molar-refractivity contribution in [2.24, 2.45) is 0 Å². The van der Waals surface area contributed by atoms with Gasteiger partial charge in [-0.15, -0.1) is 0 Å². The number of halogens is 2. The first kappa shape index (κ1) is 22.2. The van der Waals surface area contributed by atoms with Gasteiger partial charge >= 0.3 is 0 Å². The van der Waals surface area contributed by atoms with Crippen molar-refractivity contribution in [3.05, 3.63) is 93.4 Å². The topological polar surface area (TPSA) is 97.4 Å². The average Bonchev–Trinajstić information content (AvgIpc) is 2.82. The van der Waals surface area contributed by atoms with Crippen LogP contribution in [0.4, 0.5) is 10.1 Å². The van der Waals surface area contributed by atoms with E-state index in [0.29, 0.717) is 17.1 Å². The minimum Gasteiger partial charge on any atom is -0.481 e. The third-order valence-electron chi connectivity index (χ3n) is 4.98. The van der Waals surface area contributed by atoms with Crippen LogP contribution in [0.25, 0.3) is 6.08 Å². The molecule has 2 N–H and O–H groups in total. The van der Waals surface area contributed by atoms with Gasteiger partial charge in [-0.3, -0.25) is 14.4 Å². The number of rotatable bonds is 5. The van der Waals surface area contributed by atoms with E-state index in [-0.39, 0.29) is 28.3 Å². The monoisotopic (exact) mass is 465 g/mol. The van der Waals surface area contributed by atoms with Crippen molar-refractivity contribution in [2.45, 2.75) is 6.54 Å². The highest BCUT2D eigenvalue weighted by atomic mass is 35.5. The molecule has 2 heterocycles. The molecule has 1 aromatic heterocycles. The molecule has 7 nitrogen and oxygen atoms in total. The number of nitrogens with one attached hydrogen (secondary N) is 2. The number of carbonyl (C=O) groups excluding carboxylic acids is 3. The van der Waals surface area contributed by atoms with Crippen LogP contribution in [0.5, 0.6) is 5.88 Å². The van der Waals surface area contributed by atoms with Crippen LogP contribution in [0.1, 0.15) is 31.8 Å². The Balaban J connectivity index is 1.55. The Bertz CT molecular complexity index is 1310. The van der Waals surface area contributed by atoms with Crippen molar-refractivity contribution in [1.29, 1.82) is 0 Å². The van der Waals surface area contributed by atoms with Gasteiger partial charge in [0.1, 0.15) is 5.82 Å². The summed E-state index contributed by atoms with van der Waals surface area (Å²) in [6.45, 7) is 0.227. The summed E-state index contributed by atoms with van der Waals surface area (Å²) in [4.78, 5) is 42.1. The zero-order valence-electron chi connectivity index (χ0n) is 17.3. The first-order valence-corrected chi connectivity index (χ1v) is 10.2. The number of methoxy groups -OCH3 is 1. The highest BCUT2D eigenvalue weighted by Gasteiger charge is 2.29. The molecule has 0 bridgehead atoms. The second-order valence-electron chi connectivity index (χ2n) is 7.17. The molecule has 166 valence electrons. The van der Waals surface area contributed by atoms with Crippen LogP contribution in [-0.4, -0.2) is 29.7 Å². The van der Waals surface area contributed by atoms with Crippen LogP contribution in [0.3, 0.4) is 0 Å². The number of pyridine rings is 1. The fourth-order valence-corrected chi connectivity index (χ4v) is 3.36. The summed E-state index contributed by atoms with van der Waals surface area (Å²) in [6.07, 6.45) is 2.87. The lowest BCUT2D eigenvalue weighted by Gasteiger charge is -2.19. The molecule has 0 aliphatic carbocycles. The van der Waals surface area contributed by atoms with E-state index in [4.69, 9.17) is 16.3 Å². The minimum atomic E-state index is -0.666. The molecule has 4 rings (SSSR count). The van der Waals surface area contributed by atoms with E-state index in [9.17, 15) is 18.8 Å². The molecular weight excluding hydrogens is 449 g/mol. The average molecular weight is 466 g/mol. The van der Waals surface area contributed by atoms with E-state index in [0.717, 1.165) is 11.6 Å². The van der Waals surface area contributed by atoms with E-state index in [2.05, 4.69) is 15.6 Å². The van der Waals surface area contributed by atoms with Gasteiger partial charge in [0.05, 0.1) is 23.4 Å². The Hall–Kier alpha value is -4.04. The van der Waals surface area contributed by atoms with Gasteiger partial charge in [-0.05, 0) is 47.5 Å². The Morgan fingerprint density at radius 2 is 2.00 bits per heavy atom. The smallest absolute Gasteiger partial charge is 0.259 e. The van der Waals surface area contributed by atoms with Gasteiger partial charge in [-0.25, -0.2) is 9.37 Å². The SMILES string of the molecule is COc1ccc(CNC(=O)c2ccc3c(c2)C(=O)C(=Cc2ccc(Cl)c(F)c2)C(=O)N3)cn1. The van der Waals surface area contributed by atoms with E-state index in [1.807, 2.05) is 0 Å². The summed E-state index contributed by atoms with van der Waals surface area (Å²) < 4.78 is 18.7. The van der Waals surface area contributed by atoms with Gasteiger partial charge in [0.25, 0.3) is 11.8 Å². The number of hydrogen-bond acceptors (Lipinski definition) is 5. The van der Waals surface area contributed by atoms with E-state index in [1.54, 1.807) is 18.3 Å². The summed E-state index contributed by atoms with van der Waals surface area (Å²) >= 11 is 5.68. The number of nitrogens with zero attached hydrogens (tertiary/aromatic N) is 1. The van der Waals surface area contributed by atoms with Crippen molar-refractivity contribution >= 4 is 41.0 Å². The molecule has 33 heavy (non-hydrogen) atoms. The van der Waals surface area contributed by atoms with Gasteiger partial charge in [0, 0.05) is 29.9 Å². The quantitative estimate of drug-likeness (QED) is 0.438. The van der Waals surface area contributed by atoms with Crippen molar-refractivity contribution in [3.8, 4) is 5.88 Å². The number of amides is 2. The summed E-state index contributed by atoms with van der Waals surface area (Å²) in [5, 5.41) is 5.31. The molecule has 2 aromatic carbocycles. The maximum atomic E-state index is 13.7. The molecular formula is C24H17ClFN3O4. The minimum absolute atomic E-state index is 0.0667. The number of benzene rings is 2. The molecule has 0 unspecified atom stereocenters. The first-order valence-electron chi connectivity index (χ1n) is 9.79. The standard InChI is InChI=1S/C24H17ClFN3O4/c1-33-21-7-3-14(11-27-21)12-28-23(31)15-4-6-20-16(10-15)22(30)17(24(32)29-20)8-13-2-5-18(25)19(26)9-13/h2-11H,12H2,1H3,(H,28,31)(H,29,32). The van der Waals surface area contributed by atoms with Gasteiger partial charge < -0.3 is 15.4 Å². The Morgan fingerprint density at radius 3 is 2.70 bits per heavy atom. The van der Waals surface area contributed by atoms with Crippen molar-refractivity contribution < 1.29 is 23.5 Å². The lowest BCUT2D eigenvalue weighted by atomic mass is 9.93. The molecule has 2 amide bonds. The largest absolute Gasteiger partial charge is 0.481 e. The van der Waals surface area contributed by atoms with Crippen LogP contribution in [0.15, 0.2) is 60.3 Å². The molecule has 1 aliphatic rings. The summed E-state index contributed by atoms with van der Waals surface area (Å²) in [7, 11) is 1.51. The number of fused-ring (bicyclic) bond motifs is 1. The Morgan fingerprint density at radius 1 is 1.18 bits per heavy atom. The van der Waals surface area contributed by atoms with Crippen LogP contribution in [-0.2, 0) is 11.3 Å². The van der Waals surface area contributed by atoms with Crippen LogP contribution < -0.4 is 15.4 Å². The number of aromatic nitrogens is 1. The van der Waals surface area contributed by atoms with Crippen molar-refractivity contribution in [1.82, 2.24) is 10.3 Å². The number of anilines is 1. The van der Waals surface area contributed by atoms with Crippen LogP contribution in [0, 0.1) is 5.82 Å². The lowest BCUT2D eigenvalue weighted by Crippen LogP contribution is -2.28. The van der Waals surface area contributed by atoms with E-state index in [1.165, 1.54) is 43.5 Å². The highest BCUT2D eigenvalue weighted by Crippen LogP contribution is 2.28. The summed E-state index contributed by atoms with van der Waals surface area (Å²) in [5.74, 6) is -1.79. The molecule has 0 atom stereocenters. The van der Waals surface area contributed by atoms with Crippen molar-refractivity contribution in [3.63, 3.8) is 0 Å². The van der Waals surface area contributed by atoms with Crippen LogP contribution in [0.2, 0.25) is 5.02 Å². The lowest BCUT2D eigenvalue weighted by molar-refractivity contribution is -0.112. The number of hydrogen-bond donors (Lipinski definition) is 2. The fraction of sp³-hybridized carbons (Fsp3) is 0.0833. The third-order valence-corrected chi connectivity index (χ3v) is 5.28. The van der Waals surface area contributed by atoms with E-state index >= 15 is 0 Å². The molecule has 0 radical (unpaired) electrons. The number of ketones is 1. The van der Waals surface area contributed by atoms with Crippen molar-refractivity contribution in [2.75, 3.05) is 12.4 Å². The second-order valence-corrected chi connectivity index (χ2v) is 7.57. The molecule has 0 saturated heterocycles. The van der Waals surface area contributed by atoms with Gasteiger partial charge in [-0.2, -0.15) is 0 Å². The molecule has 0 saturated carbocycles. The number of carbonyl (C=O) groups is 3. The Kier molecular flexibility index (Phi) is 6.19. The third kappa shape index (κ3) is 4.75. The predicted molar refractivity (Wildman–Crippen MR) is 121 cm³/mol. The first-order chi connectivity index (χ1) is 15.9. The maximum absolute atomic E-state index is 13.7. The molecule has 0 spiro atoms. The van der Waals surface area contributed by atoms with Gasteiger partial charge in [0.2, 0.25) is 11.7 Å². The number of ether oxygens (including phenoxy) is 1. The number of Topliss-reactive ketones (excluding diaryl/α,β-unsaturated/α-hetero) is 1. The molecule has 0 fully saturated rings. The predicted octanol–water partition coefficient (Wildman–Crippen LogP) is 4.03. The van der Waals surface area contributed by atoms with Gasteiger partial charge in [0.15, 0.2) is 0 Å². The van der Waals surface area contributed by atoms with Gasteiger partial charge in [-0.1, -0.05) is 23.7 Å². The normalized spacial score (nSPS) is 14.0. The maximum Gasteiger partial charge on any atom is 0.259 e. The highest BCUT2D eigenvalue weighted by molar-refractivity contribution is 6.36. The zero-order chi connectivity index (χ0) is 23.5. The zero-order valence-corrected chi connectivity index (χ0v) is 18.1. The second kappa shape index (κ2) is 9.22. The Labute approximate surface area is 193 Å². The molecule has 1 aliphatic heterocycles. The summed E-state index contributed by atoms with van der Waals surface area (Å²) in [5.41, 5.74) is 1.60.